The molecule has 0 saturated heterocycles. The monoisotopic (exact) mass is 263 g/mol. The molecule has 3 aromatic rings. The number of fused-ring (bicyclic) bond motifs is 2. The summed E-state index contributed by atoms with van der Waals surface area (Å²) in [4.78, 5) is 0. The highest BCUT2D eigenvalue weighted by Gasteiger charge is 2.15. The maximum atomic E-state index is 6.05. The summed E-state index contributed by atoms with van der Waals surface area (Å²) in [5.74, 6) is 1.59. The SMILES string of the molecule is Nc1ccc(-c2ccc3c(c2)OCO3)c2ccccc12. The number of ether oxygens (including phenoxy) is 2. The van der Waals surface area contributed by atoms with Gasteiger partial charge in [-0.25, -0.2) is 0 Å². The standard InChI is InChI=1S/C17H13NO2/c18-15-7-6-12(13-3-1-2-4-14(13)15)11-5-8-16-17(9-11)20-10-19-16/h1-9H,10,18H2. The number of rotatable bonds is 1. The molecule has 0 saturated carbocycles. The van der Waals surface area contributed by atoms with Gasteiger partial charge in [0, 0.05) is 11.1 Å². The molecule has 1 heterocycles. The molecule has 0 unspecified atom stereocenters. The first kappa shape index (κ1) is 11.2. The van der Waals surface area contributed by atoms with E-state index in [1.165, 1.54) is 0 Å². The fraction of sp³-hybridized carbons (Fsp3) is 0.0588. The van der Waals surface area contributed by atoms with Crippen LogP contribution in [0.5, 0.6) is 11.5 Å². The van der Waals surface area contributed by atoms with Gasteiger partial charge in [0.25, 0.3) is 0 Å². The van der Waals surface area contributed by atoms with Crippen LogP contribution in [0.4, 0.5) is 5.69 Å². The molecule has 2 N–H and O–H groups in total. The molecular weight excluding hydrogens is 250 g/mol. The normalized spacial score (nSPS) is 12.8. The first-order valence-corrected chi connectivity index (χ1v) is 6.50. The predicted octanol–water partition coefficient (Wildman–Crippen LogP) is 3.82. The molecule has 0 radical (unpaired) electrons. The highest BCUT2D eigenvalue weighted by atomic mass is 16.7. The van der Waals surface area contributed by atoms with Gasteiger partial charge in [0.05, 0.1) is 0 Å². The summed E-state index contributed by atoms with van der Waals surface area (Å²) in [5, 5.41) is 2.22. The smallest absolute Gasteiger partial charge is 0.231 e. The summed E-state index contributed by atoms with van der Waals surface area (Å²) in [6.07, 6.45) is 0. The highest BCUT2D eigenvalue weighted by Crippen LogP contribution is 2.38. The van der Waals surface area contributed by atoms with Crippen LogP contribution in [0.15, 0.2) is 54.6 Å². The molecule has 0 bridgehead atoms. The third kappa shape index (κ3) is 1.60. The Bertz CT molecular complexity index is 811. The van der Waals surface area contributed by atoms with Gasteiger partial charge in [-0.2, -0.15) is 0 Å². The molecule has 1 aliphatic heterocycles. The van der Waals surface area contributed by atoms with E-state index in [0.717, 1.165) is 39.1 Å². The van der Waals surface area contributed by atoms with Gasteiger partial charge in [-0.15, -0.1) is 0 Å². The molecule has 20 heavy (non-hydrogen) atoms. The zero-order chi connectivity index (χ0) is 13.5. The molecule has 0 atom stereocenters. The quantitative estimate of drug-likeness (QED) is 0.679. The number of benzene rings is 3. The average molecular weight is 263 g/mol. The molecule has 1 aliphatic rings. The minimum atomic E-state index is 0.293. The van der Waals surface area contributed by atoms with Gasteiger partial charge in [0.2, 0.25) is 6.79 Å². The Morgan fingerprint density at radius 2 is 1.60 bits per heavy atom. The first-order valence-electron chi connectivity index (χ1n) is 6.50. The lowest BCUT2D eigenvalue weighted by Crippen LogP contribution is -1.92. The van der Waals surface area contributed by atoms with Crippen LogP contribution in [0, 0.1) is 0 Å². The number of nitrogens with two attached hydrogens (primary N) is 1. The Morgan fingerprint density at radius 3 is 2.50 bits per heavy atom. The van der Waals surface area contributed by atoms with E-state index in [1.807, 2.05) is 42.5 Å². The van der Waals surface area contributed by atoms with Crippen LogP contribution in [0.3, 0.4) is 0 Å². The van der Waals surface area contributed by atoms with Gasteiger partial charge in [0.15, 0.2) is 11.5 Å². The Labute approximate surface area is 116 Å². The van der Waals surface area contributed by atoms with Crippen molar-refractivity contribution in [1.29, 1.82) is 0 Å². The third-order valence-electron chi connectivity index (χ3n) is 3.64. The Balaban J connectivity index is 1.97. The van der Waals surface area contributed by atoms with Gasteiger partial charge < -0.3 is 15.2 Å². The van der Waals surface area contributed by atoms with E-state index in [9.17, 15) is 0 Å². The van der Waals surface area contributed by atoms with E-state index in [1.54, 1.807) is 0 Å². The largest absolute Gasteiger partial charge is 0.454 e. The van der Waals surface area contributed by atoms with Crippen molar-refractivity contribution in [1.82, 2.24) is 0 Å². The fourth-order valence-electron chi connectivity index (χ4n) is 2.64. The van der Waals surface area contributed by atoms with E-state index in [2.05, 4.69) is 12.1 Å². The fourth-order valence-corrected chi connectivity index (χ4v) is 2.64. The van der Waals surface area contributed by atoms with Crippen molar-refractivity contribution in [3.63, 3.8) is 0 Å². The van der Waals surface area contributed by atoms with Crippen molar-refractivity contribution in [2.24, 2.45) is 0 Å². The van der Waals surface area contributed by atoms with E-state index >= 15 is 0 Å². The minimum absolute atomic E-state index is 0.293. The molecule has 0 aliphatic carbocycles. The van der Waals surface area contributed by atoms with Crippen LogP contribution in [0.2, 0.25) is 0 Å². The van der Waals surface area contributed by atoms with Gasteiger partial charge >= 0.3 is 0 Å². The van der Waals surface area contributed by atoms with Crippen molar-refractivity contribution < 1.29 is 9.47 Å². The van der Waals surface area contributed by atoms with Crippen LogP contribution in [-0.4, -0.2) is 6.79 Å². The van der Waals surface area contributed by atoms with Crippen LogP contribution in [-0.2, 0) is 0 Å². The van der Waals surface area contributed by atoms with Crippen LogP contribution in [0.1, 0.15) is 0 Å². The molecule has 4 rings (SSSR count). The number of anilines is 1. The summed E-state index contributed by atoms with van der Waals surface area (Å²) < 4.78 is 10.8. The van der Waals surface area contributed by atoms with Crippen LogP contribution in [0.25, 0.3) is 21.9 Å². The molecule has 3 heteroatoms. The van der Waals surface area contributed by atoms with Crippen molar-refractivity contribution in [2.45, 2.75) is 0 Å². The second-order valence-corrected chi connectivity index (χ2v) is 4.82. The molecule has 3 aromatic carbocycles. The Hall–Kier alpha value is -2.68. The summed E-state index contributed by atoms with van der Waals surface area (Å²) >= 11 is 0. The van der Waals surface area contributed by atoms with Gasteiger partial charge in [-0.1, -0.05) is 36.4 Å². The highest BCUT2D eigenvalue weighted by molar-refractivity contribution is 6.03. The molecule has 0 fully saturated rings. The predicted molar refractivity (Wildman–Crippen MR) is 79.9 cm³/mol. The molecule has 0 spiro atoms. The molecule has 3 nitrogen and oxygen atoms in total. The van der Waals surface area contributed by atoms with Crippen molar-refractivity contribution >= 4 is 16.5 Å². The Kier molecular flexibility index (Phi) is 2.33. The summed E-state index contributed by atoms with van der Waals surface area (Å²) in [6.45, 7) is 0.293. The lowest BCUT2D eigenvalue weighted by atomic mass is 9.97. The third-order valence-corrected chi connectivity index (χ3v) is 3.64. The second kappa shape index (κ2) is 4.17. The van der Waals surface area contributed by atoms with Gasteiger partial charge in [0.1, 0.15) is 0 Å². The number of hydrogen-bond donors (Lipinski definition) is 1. The van der Waals surface area contributed by atoms with Gasteiger partial charge in [-0.05, 0) is 34.7 Å². The summed E-state index contributed by atoms with van der Waals surface area (Å²) in [7, 11) is 0. The molecule has 98 valence electrons. The Morgan fingerprint density at radius 1 is 0.800 bits per heavy atom. The van der Waals surface area contributed by atoms with Crippen molar-refractivity contribution in [2.75, 3.05) is 12.5 Å². The maximum absolute atomic E-state index is 6.05. The lowest BCUT2D eigenvalue weighted by molar-refractivity contribution is 0.174. The van der Waals surface area contributed by atoms with Crippen molar-refractivity contribution in [3.8, 4) is 22.6 Å². The molecule has 0 aromatic heterocycles. The van der Waals surface area contributed by atoms with E-state index < -0.39 is 0 Å². The zero-order valence-corrected chi connectivity index (χ0v) is 10.8. The second-order valence-electron chi connectivity index (χ2n) is 4.82. The number of hydrogen-bond acceptors (Lipinski definition) is 3. The minimum Gasteiger partial charge on any atom is -0.454 e. The van der Waals surface area contributed by atoms with Gasteiger partial charge in [-0.3, -0.25) is 0 Å². The summed E-state index contributed by atoms with van der Waals surface area (Å²) in [6, 6.07) is 18.2. The van der Waals surface area contributed by atoms with Crippen LogP contribution >= 0.6 is 0 Å². The number of nitrogen functional groups attached to an aromatic ring is 1. The zero-order valence-electron chi connectivity index (χ0n) is 10.8. The van der Waals surface area contributed by atoms with Crippen LogP contribution < -0.4 is 15.2 Å². The molecule has 0 amide bonds. The maximum Gasteiger partial charge on any atom is 0.231 e. The topological polar surface area (TPSA) is 44.5 Å². The van der Waals surface area contributed by atoms with E-state index in [-0.39, 0.29) is 0 Å². The molecular formula is C17H13NO2. The first-order chi connectivity index (χ1) is 9.83. The summed E-state index contributed by atoms with van der Waals surface area (Å²) in [5.41, 5.74) is 9.09. The van der Waals surface area contributed by atoms with Crippen molar-refractivity contribution in [3.05, 3.63) is 54.6 Å². The van der Waals surface area contributed by atoms with E-state index in [4.69, 9.17) is 15.2 Å². The average Bonchev–Trinajstić information content (AvgIpc) is 2.95. The van der Waals surface area contributed by atoms with E-state index in [0.29, 0.717) is 6.79 Å². The lowest BCUT2D eigenvalue weighted by Gasteiger charge is -2.09.